The van der Waals surface area contributed by atoms with Crippen molar-refractivity contribution in [2.24, 2.45) is 0 Å². The van der Waals surface area contributed by atoms with Crippen LogP contribution in [0.25, 0.3) is 0 Å². The summed E-state index contributed by atoms with van der Waals surface area (Å²) < 4.78 is 13.9. The second-order valence-corrected chi connectivity index (χ2v) is 7.20. The Bertz CT molecular complexity index is 610. The van der Waals surface area contributed by atoms with Crippen LogP contribution in [0.4, 0.5) is 4.79 Å². The van der Waals surface area contributed by atoms with Crippen molar-refractivity contribution in [2.45, 2.75) is 51.5 Å². The van der Waals surface area contributed by atoms with Crippen LogP contribution in [0.5, 0.6) is 0 Å². The fourth-order valence-electron chi connectivity index (χ4n) is 3.22. The second kappa shape index (κ2) is 6.65. The van der Waals surface area contributed by atoms with Gasteiger partial charge in [0, 0.05) is 5.70 Å². The number of nitrogens with one attached hydrogen (secondary N) is 1. The minimum absolute atomic E-state index is 0.149. The fraction of sp³-hybridized carbons (Fsp3) is 0.471. The number of allylic oxidation sites excluding steroid dienone is 6. The normalized spacial score (nSPS) is 25.6. The number of rotatable bonds is 2. The molecule has 0 aromatic rings. The van der Waals surface area contributed by atoms with Gasteiger partial charge in [0.1, 0.15) is 0 Å². The van der Waals surface area contributed by atoms with E-state index in [4.69, 9.17) is 0 Å². The summed E-state index contributed by atoms with van der Waals surface area (Å²) >= 11 is 0. The summed E-state index contributed by atoms with van der Waals surface area (Å²) in [4.78, 5) is 13.2. The van der Waals surface area contributed by atoms with Gasteiger partial charge in [0.2, 0.25) is 0 Å². The molecule has 1 fully saturated rings. The third-order valence-corrected chi connectivity index (χ3v) is 5.78. The van der Waals surface area contributed by atoms with E-state index in [0.717, 1.165) is 35.8 Å². The lowest BCUT2D eigenvalue weighted by molar-refractivity contribution is -0.364. The molecule has 0 bridgehead atoms. The molecule has 4 nitrogen and oxygen atoms in total. The van der Waals surface area contributed by atoms with Crippen LogP contribution < -0.4 is 5.32 Å². The van der Waals surface area contributed by atoms with Gasteiger partial charge in [-0.3, -0.25) is 0 Å². The quantitative estimate of drug-likeness (QED) is 0.628. The smallest absolute Gasteiger partial charge is 0.248 e. The van der Waals surface area contributed by atoms with Crippen LogP contribution in [0.15, 0.2) is 34.9 Å². The van der Waals surface area contributed by atoms with Crippen LogP contribution in [0.2, 0.25) is 0 Å². The summed E-state index contributed by atoms with van der Waals surface area (Å²) in [6.45, 7) is 1.87. The van der Waals surface area contributed by atoms with Crippen molar-refractivity contribution < 1.29 is 13.6 Å². The van der Waals surface area contributed by atoms with E-state index in [9.17, 15) is 9.00 Å². The molecular formula is C17H22N2O2S. The highest BCUT2D eigenvalue weighted by atomic mass is 32.2. The summed E-state index contributed by atoms with van der Waals surface area (Å²) in [6.07, 6.45) is 14.4. The van der Waals surface area contributed by atoms with Gasteiger partial charge in [0.05, 0.1) is 16.8 Å². The fourth-order valence-corrected chi connectivity index (χ4v) is 4.57. The third kappa shape index (κ3) is 3.09. The van der Waals surface area contributed by atoms with Gasteiger partial charge in [-0.1, -0.05) is 12.8 Å². The average Bonchev–Trinajstić information content (AvgIpc) is 2.84. The van der Waals surface area contributed by atoms with Crippen LogP contribution in [0.3, 0.4) is 0 Å². The number of hydrogen-bond donors (Lipinski definition) is 1. The maximum Gasteiger partial charge on any atom is 0.485 e. The highest BCUT2D eigenvalue weighted by Gasteiger charge is 2.30. The summed E-state index contributed by atoms with van der Waals surface area (Å²) in [5.41, 5.74) is 2.31. The van der Waals surface area contributed by atoms with Gasteiger partial charge < -0.3 is 0 Å². The number of urea groups is 1. The minimum Gasteiger partial charge on any atom is -0.248 e. The molecule has 1 aliphatic heterocycles. The van der Waals surface area contributed by atoms with Crippen LogP contribution in [-0.4, -0.2) is 26.4 Å². The van der Waals surface area contributed by atoms with Crippen molar-refractivity contribution in [2.75, 3.05) is 0 Å². The molecular weight excluding hydrogens is 296 g/mol. The van der Waals surface area contributed by atoms with E-state index < -0.39 is 10.8 Å². The molecule has 2 amide bonds. The standard InChI is InChI=1S/C17H22N2O2S/c1-13-16(14-8-4-2-5-9-14)22(21)12-19(13)17(20)18-15-10-6-3-7-11-15/h2,4-5,8,12,15H,3,6-7,9-11H2,1H3,(H,18,20). The zero-order chi connectivity index (χ0) is 15.5. The number of carbonyl (C=O) groups is 1. The summed E-state index contributed by atoms with van der Waals surface area (Å²) in [5.74, 6) is 1.03. The molecule has 1 heterocycles. The van der Waals surface area contributed by atoms with E-state index in [1.165, 1.54) is 29.4 Å². The van der Waals surface area contributed by atoms with Crippen molar-refractivity contribution in [3.63, 3.8) is 0 Å². The highest BCUT2D eigenvalue weighted by molar-refractivity contribution is 8.02. The molecule has 3 rings (SSSR count). The lowest BCUT2D eigenvalue weighted by atomic mass is 9.96. The summed E-state index contributed by atoms with van der Waals surface area (Å²) in [5, 5.41) is 3.08. The molecule has 1 atom stereocenters. The first-order chi connectivity index (χ1) is 10.7. The van der Waals surface area contributed by atoms with Gasteiger partial charge in [-0.05, 0) is 37.5 Å². The Kier molecular flexibility index (Phi) is 4.62. The Balaban J connectivity index is 1.73. The van der Waals surface area contributed by atoms with E-state index in [1.54, 1.807) is 0 Å². The SMILES string of the molecule is CC1=C([C-]2C=CC=CC2)S(=O)C=[N+]1C(=O)NC1CCCCC1. The van der Waals surface area contributed by atoms with Gasteiger partial charge >= 0.3 is 6.03 Å². The molecule has 0 aromatic carbocycles. The van der Waals surface area contributed by atoms with Crippen LogP contribution in [-0.2, 0) is 10.8 Å². The molecule has 0 saturated heterocycles. The van der Waals surface area contributed by atoms with Crippen LogP contribution in [0, 0.1) is 5.92 Å². The predicted molar refractivity (Wildman–Crippen MR) is 88.7 cm³/mol. The number of hydrogen-bond acceptors (Lipinski definition) is 2. The van der Waals surface area contributed by atoms with Crippen molar-refractivity contribution in [1.82, 2.24) is 5.32 Å². The maximum atomic E-state index is 12.5. The van der Waals surface area contributed by atoms with E-state index >= 15 is 0 Å². The molecule has 1 N–H and O–H groups in total. The van der Waals surface area contributed by atoms with Crippen LogP contribution in [0.1, 0.15) is 45.4 Å². The molecule has 22 heavy (non-hydrogen) atoms. The zero-order valence-corrected chi connectivity index (χ0v) is 13.7. The molecule has 0 aromatic heterocycles. The second-order valence-electron chi connectivity index (χ2n) is 5.99. The predicted octanol–water partition coefficient (Wildman–Crippen LogP) is 3.15. The molecule has 3 aliphatic rings. The summed E-state index contributed by atoms with van der Waals surface area (Å²) in [6, 6.07) is 0.105. The maximum absolute atomic E-state index is 12.5. The lowest BCUT2D eigenvalue weighted by Crippen LogP contribution is -2.40. The molecule has 118 valence electrons. The van der Waals surface area contributed by atoms with E-state index in [-0.39, 0.29) is 12.1 Å². The van der Waals surface area contributed by atoms with Crippen molar-refractivity contribution >= 4 is 22.4 Å². The molecule has 0 spiro atoms. The van der Waals surface area contributed by atoms with Gasteiger partial charge in [0.15, 0.2) is 5.55 Å². The lowest BCUT2D eigenvalue weighted by Gasteiger charge is -2.22. The van der Waals surface area contributed by atoms with Crippen molar-refractivity contribution in [3.8, 4) is 0 Å². The molecule has 1 saturated carbocycles. The van der Waals surface area contributed by atoms with E-state index in [1.807, 2.05) is 31.2 Å². The number of carbonyl (C=O) groups excluding carboxylic acids is 1. The van der Waals surface area contributed by atoms with Crippen molar-refractivity contribution in [1.29, 1.82) is 0 Å². The zero-order valence-electron chi connectivity index (χ0n) is 12.9. The van der Waals surface area contributed by atoms with E-state index in [0.29, 0.717) is 0 Å². The summed E-state index contributed by atoms with van der Waals surface area (Å²) in [7, 11) is -1.25. The Morgan fingerprint density at radius 2 is 2.09 bits per heavy atom. The van der Waals surface area contributed by atoms with Crippen LogP contribution >= 0.6 is 0 Å². The average molecular weight is 318 g/mol. The molecule has 0 radical (unpaired) electrons. The van der Waals surface area contributed by atoms with Gasteiger partial charge in [-0.2, -0.15) is 16.9 Å². The molecule has 5 heteroatoms. The Hall–Kier alpha value is -1.62. The third-order valence-electron chi connectivity index (χ3n) is 4.42. The Morgan fingerprint density at radius 3 is 2.77 bits per heavy atom. The van der Waals surface area contributed by atoms with Gasteiger partial charge in [-0.15, -0.1) is 18.1 Å². The topological polar surface area (TPSA) is 49.2 Å². The molecule has 2 aliphatic carbocycles. The highest BCUT2D eigenvalue weighted by Crippen LogP contribution is 2.31. The first kappa shape index (κ1) is 15.3. The largest absolute Gasteiger partial charge is 0.485 e. The number of nitrogens with zero attached hydrogens (tertiary/aromatic N) is 1. The first-order valence-corrected chi connectivity index (χ1v) is 9.13. The molecule has 1 unspecified atom stereocenters. The number of amides is 2. The Morgan fingerprint density at radius 1 is 1.32 bits per heavy atom. The van der Waals surface area contributed by atoms with Gasteiger partial charge in [-0.25, -0.2) is 14.1 Å². The van der Waals surface area contributed by atoms with Gasteiger partial charge in [0.25, 0.3) is 0 Å². The first-order valence-electron chi connectivity index (χ1n) is 7.92. The minimum atomic E-state index is -1.25. The monoisotopic (exact) mass is 318 g/mol. The van der Waals surface area contributed by atoms with E-state index in [2.05, 4.69) is 5.32 Å². The Labute approximate surface area is 134 Å². The van der Waals surface area contributed by atoms with Crippen molar-refractivity contribution in [3.05, 3.63) is 40.8 Å².